The van der Waals surface area contributed by atoms with Gasteiger partial charge in [-0.3, -0.25) is 0 Å². The van der Waals surface area contributed by atoms with Gasteiger partial charge >= 0.3 is 0 Å². The lowest BCUT2D eigenvalue weighted by atomic mass is 10.0. The smallest absolute Gasteiger partial charge is 0.128 e. The summed E-state index contributed by atoms with van der Waals surface area (Å²) in [5, 5.41) is 2.67. The summed E-state index contributed by atoms with van der Waals surface area (Å²) in [7, 11) is 0. The quantitative estimate of drug-likeness (QED) is 0.870. The highest BCUT2D eigenvalue weighted by Gasteiger charge is 2.16. The minimum atomic E-state index is -0.474. The number of hydrogen-bond donors (Lipinski definition) is 1. The molecule has 0 aliphatic heterocycles. The van der Waals surface area contributed by atoms with Gasteiger partial charge in [0.15, 0.2) is 0 Å². The van der Waals surface area contributed by atoms with Crippen molar-refractivity contribution in [3.8, 4) is 0 Å². The van der Waals surface area contributed by atoms with Crippen molar-refractivity contribution < 1.29 is 4.39 Å². The topological polar surface area (TPSA) is 38.9 Å². The standard InChI is InChI=1S/C12H13FN2S/c1-7-3-4-10(13)9(5-7)11(14)12-15-8(2)6-16-12/h3-6,11H,14H2,1-2H3. The van der Waals surface area contributed by atoms with Crippen LogP contribution in [0.25, 0.3) is 0 Å². The highest BCUT2D eigenvalue weighted by molar-refractivity contribution is 7.09. The van der Waals surface area contributed by atoms with Crippen LogP contribution in [0.3, 0.4) is 0 Å². The summed E-state index contributed by atoms with van der Waals surface area (Å²) >= 11 is 1.46. The lowest BCUT2D eigenvalue weighted by molar-refractivity contribution is 0.598. The summed E-state index contributed by atoms with van der Waals surface area (Å²) in [6, 6.07) is 4.49. The number of thiazole rings is 1. The van der Waals surface area contributed by atoms with Crippen molar-refractivity contribution in [1.82, 2.24) is 4.98 Å². The molecule has 0 saturated heterocycles. The fraction of sp³-hybridized carbons (Fsp3) is 0.250. The van der Waals surface area contributed by atoms with Crippen molar-refractivity contribution in [3.63, 3.8) is 0 Å². The average molecular weight is 236 g/mol. The molecule has 0 bridgehead atoms. The Morgan fingerprint density at radius 3 is 2.75 bits per heavy atom. The average Bonchev–Trinajstić information content (AvgIpc) is 2.67. The van der Waals surface area contributed by atoms with Crippen LogP contribution in [0.4, 0.5) is 4.39 Å². The molecule has 4 heteroatoms. The molecule has 1 heterocycles. The number of nitrogens with zero attached hydrogens (tertiary/aromatic N) is 1. The summed E-state index contributed by atoms with van der Waals surface area (Å²) < 4.78 is 13.6. The van der Waals surface area contributed by atoms with Gasteiger partial charge in [0, 0.05) is 16.6 Å². The van der Waals surface area contributed by atoms with E-state index in [1.807, 2.05) is 19.2 Å². The summed E-state index contributed by atoms with van der Waals surface area (Å²) in [5.41, 5.74) is 8.44. The zero-order valence-corrected chi connectivity index (χ0v) is 10.0. The second-order valence-electron chi connectivity index (χ2n) is 3.83. The van der Waals surface area contributed by atoms with E-state index in [9.17, 15) is 4.39 Å². The highest BCUT2D eigenvalue weighted by atomic mass is 32.1. The molecule has 1 aromatic heterocycles. The van der Waals surface area contributed by atoms with Gasteiger partial charge in [0.2, 0.25) is 0 Å². The Balaban J connectivity index is 2.40. The molecule has 0 radical (unpaired) electrons. The minimum Gasteiger partial charge on any atom is -0.318 e. The first-order chi connectivity index (χ1) is 7.58. The van der Waals surface area contributed by atoms with Crippen LogP contribution in [-0.4, -0.2) is 4.98 Å². The SMILES string of the molecule is Cc1ccc(F)c(C(N)c2nc(C)cs2)c1. The van der Waals surface area contributed by atoms with Crippen molar-refractivity contribution in [2.45, 2.75) is 19.9 Å². The zero-order chi connectivity index (χ0) is 11.7. The van der Waals surface area contributed by atoms with Crippen LogP contribution in [0.5, 0.6) is 0 Å². The van der Waals surface area contributed by atoms with Gasteiger partial charge in [0.1, 0.15) is 10.8 Å². The molecule has 2 N–H and O–H groups in total. The van der Waals surface area contributed by atoms with Crippen molar-refractivity contribution in [2.24, 2.45) is 5.73 Å². The van der Waals surface area contributed by atoms with E-state index >= 15 is 0 Å². The monoisotopic (exact) mass is 236 g/mol. The molecule has 0 spiro atoms. The molecule has 1 atom stereocenters. The summed E-state index contributed by atoms with van der Waals surface area (Å²) in [5.74, 6) is -0.272. The van der Waals surface area contributed by atoms with Gasteiger partial charge in [-0.15, -0.1) is 11.3 Å². The van der Waals surface area contributed by atoms with Crippen LogP contribution in [0.15, 0.2) is 23.6 Å². The van der Waals surface area contributed by atoms with Crippen LogP contribution in [0.1, 0.15) is 27.9 Å². The van der Waals surface area contributed by atoms with Gasteiger partial charge in [0.25, 0.3) is 0 Å². The fourth-order valence-electron chi connectivity index (χ4n) is 1.55. The number of aromatic nitrogens is 1. The first-order valence-electron chi connectivity index (χ1n) is 5.01. The first-order valence-corrected chi connectivity index (χ1v) is 5.89. The van der Waals surface area contributed by atoms with E-state index in [1.165, 1.54) is 17.4 Å². The Hall–Kier alpha value is -1.26. The van der Waals surface area contributed by atoms with E-state index in [-0.39, 0.29) is 5.82 Å². The normalized spacial score (nSPS) is 12.8. The number of rotatable bonds is 2. The molecular formula is C12H13FN2S. The minimum absolute atomic E-state index is 0.272. The summed E-state index contributed by atoms with van der Waals surface area (Å²) in [6.07, 6.45) is 0. The molecule has 1 unspecified atom stereocenters. The molecule has 84 valence electrons. The van der Waals surface area contributed by atoms with Crippen molar-refractivity contribution in [3.05, 3.63) is 51.2 Å². The maximum Gasteiger partial charge on any atom is 0.128 e. The predicted octanol–water partition coefficient (Wildman–Crippen LogP) is 2.95. The number of hydrogen-bond acceptors (Lipinski definition) is 3. The lowest BCUT2D eigenvalue weighted by Crippen LogP contribution is -2.13. The molecule has 1 aromatic carbocycles. The van der Waals surface area contributed by atoms with Gasteiger partial charge in [-0.2, -0.15) is 0 Å². The number of benzene rings is 1. The number of halogens is 1. The Morgan fingerprint density at radius 1 is 1.38 bits per heavy atom. The molecule has 0 saturated carbocycles. The fourth-order valence-corrected chi connectivity index (χ4v) is 2.36. The van der Waals surface area contributed by atoms with Gasteiger partial charge in [0.05, 0.1) is 6.04 Å². The molecule has 0 amide bonds. The van der Waals surface area contributed by atoms with Gasteiger partial charge in [-0.05, 0) is 19.9 Å². The highest BCUT2D eigenvalue weighted by Crippen LogP contribution is 2.25. The maximum absolute atomic E-state index is 13.6. The number of aryl methyl sites for hydroxylation is 2. The number of nitrogens with two attached hydrogens (primary N) is 1. The third-order valence-corrected chi connectivity index (χ3v) is 3.44. The van der Waals surface area contributed by atoms with Gasteiger partial charge in [-0.1, -0.05) is 17.7 Å². The third kappa shape index (κ3) is 2.13. The van der Waals surface area contributed by atoms with E-state index in [4.69, 9.17) is 5.73 Å². The van der Waals surface area contributed by atoms with Crippen LogP contribution >= 0.6 is 11.3 Å². The zero-order valence-electron chi connectivity index (χ0n) is 9.20. The van der Waals surface area contributed by atoms with Crippen LogP contribution < -0.4 is 5.73 Å². The van der Waals surface area contributed by atoms with Gasteiger partial charge < -0.3 is 5.73 Å². The van der Waals surface area contributed by atoms with Crippen LogP contribution in [-0.2, 0) is 0 Å². The molecule has 2 rings (SSSR count). The van der Waals surface area contributed by atoms with Crippen molar-refractivity contribution >= 4 is 11.3 Å². The van der Waals surface area contributed by atoms with Crippen molar-refractivity contribution in [1.29, 1.82) is 0 Å². The lowest BCUT2D eigenvalue weighted by Gasteiger charge is -2.10. The Morgan fingerprint density at radius 2 is 2.12 bits per heavy atom. The molecule has 0 aliphatic rings. The molecule has 16 heavy (non-hydrogen) atoms. The second-order valence-corrected chi connectivity index (χ2v) is 4.72. The van der Waals surface area contributed by atoms with Crippen LogP contribution in [0.2, 0.25) is 0 Å². The summed E-state index contributed by atoms with van der Waals surface area (Å²) in [6.45, 7) is 3.82. The Labute approximate surface area is 97.9 Å². The van der Waals surface area contributed by atoms with Crippen LogP contribution in [0, 0.1) is 19.7 Å². The largest absolute Gasteiger partial charge is 0.318 e. The van der Waals surface area contributed by atoms with Gasteiger partial charge in [-0.25, -0.2) is 9.37 Å². The third-order valence-electron chi connectivity index (χ3n) is 2.39. The molecule has 2 aromatic rings. The Kier molecular flexibility index (Phi) is 3.03. The predicted molar refractivity (Wildman–Crippen MR) is 64.0 cm³/mol. The Bertz CT molecular complexity index is 507. The molecule has 2 nitrogen and oxygen atoms in total. The van der Waals surface area contributed by atoms with E-state index in [1.54, 1.807) is 12.1 Å². The maximum atomic E-state index is 13.6. The first kappa shape index (κ1) is 11.2. The molecule has 0 fully saturated rings. The summed E-state index contributed by atoms with van der Waals surface area (Å²) in [4.78, 5) is 4.28. The second kappa shape index (κ2) is 4.31. The molecule has 0 aliphatic carbocycles. The van der Waals surface area contributed by atoms with E-state index < -0.39 is 6.04 Å². The molecular weight excluding hydrogens is 223 g/mol. The van der Waals surface area contributed by atoms with Crippen molar-refractivity contribution in [2.75, 3.05) is 0 Å². The van der Waals surface area contributed by atoms with E-state index in [2.05, 4.69) is 4.98 Å². The van der Waals surface area contributed by atoms with E-state index in [0.717, 1.165) is 16.3 Å². The van der Waals surface area contributed by atoms with E-state index in [0.29, 0.717) is 5.56 Å².